The molecule has 0 atom stereocenters. The lowest BCUT2D eigenvalue weighted by atomic mass is 10.1. The highest BCUT2D eigenvalue weighted by Crippen LogP contribution is 2.26. The summed E-state index contributed by atoms with van der Waals surface area (Å²) >= 11 is 0. The molecule has 3 aromatic carbocycles. The maximum atomic E-state index is 12.2. The first-order chi connectivity index (χ1) is 15.5. The van der Waals surface area contributed by atoms with E-state index in [1.165, 1.54) is 30.3 Å². The summed E-state index contributed by atoms with van der Waals surface area (Å²) in [5.41, 5.74) is 6.04. The molecule has 2 N–H and O–H groups in total. The Morgan fingerprint density at radius 1 is 1.00 bits per heavy atom. The molecule has 0 bridgehead atoms. The summed E-state index contributed by atoms with van der Waals surface area (Å²) in [6.07, 6.45) is 0. The number of oxime groups is 1. The zero-order valence-corrected chi connectivity index (χ0v) is 16.6. The third kappa shape index (κ3) is 4.57. The number of furan rings is 1. The molecule has 0 spiro atoms. The quantitative estimate of drug-likeness (QED) is 0.151. The third-order valence-corrected chi connectivity index (χ3v) is 4.58. The number of amidine groups is 1. The number of nitro benzene ring substituents is 1. The smallest absolute Gasteiger partial charge is 0.400 e. The lowest BCUT2D eigenvalue weighted by molar-refractivity contribution is -0.384. The first-order valence-electron chi connectivity index (χ1n) is 9.50. The zero-order chi connectivity index (χ0) is 22.5. The predicted octanol–water partition coefficient (Wildman–Crippen LogP) is 4.40. The minimum absolute atomic E-state index is 0.0678. The molecular weight excluding hydrogens is 414 g/mol. The van der Waals surface area contributed by atoms with Gasteiger partial charge in [0, 0.05) is 23.1 Å². The van der Waals surface area contributed by atoms with Crippen LogP contribution in [0.1, 0.15) is 21.9 Å². The van der Waals surface area contributed by atoms with Crippen molar-refractivity contribution in [2.24, 2.45) is 10.9 Å². The molecule has 1 heterocycles. The van der Waals surface area contributed by atoms with Crippen LogP contribution in [0, 0.1) is 10.1 Å². The zero-order valence-electron chi connectivity index (χ0n) is 16.6. The van der Waals surface area contributed by atoms with Gasteiger partial charge in [-0.25, -0.2) is 4.79 Å². The molecule has 0 radical (unpaired) electrons. The maximum Gasteiger partial charge on any atom is 0.400 e. The Labute approximate surface area is 181 Å². The van der Waals surface area contributed by atoms with E-state index in [1.54, 1.807) is 6.07 Å². The second-order valence-corrected chi connectivity index (χ2v) is 6.69. The summed E-state index contributed by atoms with van der Waals surface area (Å²) < 4.78 is 11.3. The number of benzene rings is 3. The fourth-order valence-corrected chi connectivity index (χ4v) is 2.98. The lowest BCUT2D eigenvalue weighted by Gasteiger charge is -2.07. The predicted molar refractivity (Wildman–Crippen MR) is 116 cm³/mol. The van der Waals surface area contributed by atoms with E-state index in [0.29, 0.717) is 17.1 Å². The standard InChI is InChI=1S/C23H17N3O6/c24-22(16-8-10-17(11-9-16)26(28)29)25-32-23(27)21-13-12-18(31-21)14-30-20-7-3-5-15-4-1-2-6-19(15)20/h1-13H,14H2,(H2,24,25). The number of carbonyl (C=O) groups is 1. The number of ether oxygens (including phenoxy) is 1. The van der Waals surface area contributed by atoms with Crippen molar-refractivity contribution >= 4 is 28.3 Å². The van der Waals surface area contributed by atoms with E-state index in [2.05, 4.69) is 5.16 Å². The Morgan fingerprint density at radius 2 is 1.75 bits per heavy atom. The summed E-state index contributed by atoms with van der Waals surface area (Å²) in [4.78, 5) is 27.2. The van der Waals surface area contributed by atoms with Gasteiger partial charge in [0.15, 0.2) is 5.84 Å². The number of carbonyl (C=O) groups excluding carboxylic acids is 1. The van der Waals surface area contributed by atoms with Crippen molar-refractivity contribution in [3.63, 3.8) is 0 Å². The van der Waals surface area contributed by atoms with Crippen molar-refractivity contribution in [1.82, 2.24) is 0 Å². The van der Waals surface area contributed by atoms with Gasteiger partial charge in [0.25, 0.3) is 5.69 Å². The van der Waals surface area contributed by atoms with Crippen LogP contribution in [0.5, 0.6) is 5.75 Å². The van der Waals surface area contributed by atoms with E-state index in [4.69, 9.17) is 19.7 Å². The van der Waals surface area contributed by atoms with Gasteiger partial charge < -0.3 is 19.7 Å². The third-order valence-electron chi connectivity index (χ3n) is 4.58. The number of rotatable bonds is 7. The summed E-state index contributed by atoms with van der Waals surface area (Å²) in [5, 5.41) is 16.3. The molecule has 0 aliphatic heterocycles. The van der Waals surface area contributed by atoms with Crippen molar-refractivity contribution in [1.29, 1.82) is 0 Å². The normalized spacial score (nSPS) is 11.3. The number of hydrogen-bond acceptors (Lipinski definition) is 7. The minimum Gasteiger partial charge on any atom is -0.485 e. The average Bonchev–Trinajstić information content (AvgIpc) is 3.30. The number of non-ortho nitro benzene ring substituents is 1. The molecule has 1 aromatic heterocycles. The van der Waals surface area contributed by atoms with E-state index in [0.717, 1.165) is 10.8 Å². The Hall–Kier alpha value is -4.66. The van der Waals surface area contributed by atoms with E-state index < -0.39 is 10.9 Å². The Balaban J connectivity index is 1.38. The summed E-state index contributed by atoms with van der Waals surface area (Å²) in [6.45, 7) is 0.121. The highest BCUT2D eigenvalue weighted by Gasteiger charge is 2.15. The molecule has 0 saturated carbocycles. The average molecular weight is 431 g/mol. The Bertz CT molecular complexity index is 1310. The van der Waals surface area contributed by atoms with Crippen LogP contribution < -0.4 is 10.5 Å². The van der Waals surface area contributed by atoms with Gasteiger partial charge in [-0.15, -0.1) is 0 Å². The second-order valence-electron chi connectivity index (χ2n) is 6.69. The molecule has 0 fully saturated rings. The van der Waals surface area contributed by atoms with Crippen molar-refractivity contribution in [3.8, 4) is 5.75 Å². The largest absolute Gasteiger partial charge is 0.485 e. The van der Waals surface area contributed by atoms with Gasteiger partial charge in [0.2, 0.25) is 5.76 Å². The van der Waals surface area contributed by atoms with Crippen LogP contribution in [0.15, 0.2) is 88.4 Å². The number of fused-ring (bicyclic) bond motifs is 1. The molecule has 4 aromatic rings. The van der Waals surface area contributed by atoms with E-state index in [9.17, 15) is 14.9 Å². The number of nitrogens with two attached hydrogens (primary N) is 1. The molecule has 0 aliphatic carbocycles. The maximum absolute atomic E-state index is 12.2. The first-order valence-corrected chi connectivity index (χ1v) is 9.50. The second kappa shape index (κ2) is 9.00. The molecule has 9 heteroatoms. The van der Waals surface area contributed by atoms with Gasteiger partial charge in [0.1, 0.15) is 18.1 Å². The van der Waals surface area contributed by atoms with Crippen LogP contribution in [0.4, 0.5) is 5.69 Å². The number of hydrogen-bond donors (Lipinski definition) is 1. The molecule has 0 aliphatic rings. The summed E-state index contributed by atoms with van der Waals surface area (Å²) in [7, 11) is 0. The molecule has 0 unspecified atom stereocenters. The van der Waals surface area contributed by atoms with Crippen LogP contribution >= 0.6 is 0 Å². The van der Waals surface area contributed by atoms with Crippen molar-refractivity contribution < 1.29 is 23.7 Å². The highest BCUT2D eigenvalue weighted by atomic mass is 16.7. The number of nitrogens with zero attached hydrogens (tertiary/aromatic N) is 2. The fraction of sp³-hybridized carbons (Fsp3) is 0.0435. The first kappa shape index (κ1) is 20.6. The SMILES string of the molecule is N/C(=N\OC(=O)c1ccc(COc2cccc3ccccc23)o1)c1ccc([N+](=O)[O-])cc1. The van der Waals surface area contributed by atoms with Crippen molar-refractivity contribution in [3.05, 3.63) is 106 Å². The van der Waals surface area contributed by atoms with Gasteiger partial charge in [-0.05, 0) is 35.7 Å². The van der Waals surface area contributed by atoms with Gasteiger partial charge in [-0.2, -0.15) is 0 Å². The highest BCUT2D eigenvalue weighted by molar-refractivity contribution is 5.98. The van der Waals surface area contributed by atoms with Crippen LogP contribution in [-0.2, 0) is 11.4 Å². The summed E-state index contributed by atoms with van der Waals surface area (Å²) in [6, 6.07) is 22.0. The molecular formula is C23H17N3O6. The van der Waals surface area contributed by atoms with Gasteiger partial charge >= 0.3 is 5.97 Å². The molecule has 160 valence electrons. The number of nitro groups is 1. The molecule has 0 saturated heterocycles. The van der Waals surface area contributed by atoms with E-state index in [-0.39, 0.29) is 23.9 Å². The topological polar surface area (TPSA) is 130 Å². The van der Waals surface area contributed by atoms with Crippen LogP contribution in [0.2, 0.25) is 0 Å². The lowest BCUT2D eigenvalue weighted by Crippen LogP contribution is -2.15. The Kier molecular flexibility index (Phi) is 5.80. The van der Waals surface area contributed by atoms with Gasteiger partial charge in [-0.1, -0.05) is 41.6 Å². The van der Waals surface area contributed by atoms with Crippen LogP contribution in [0.25, 0.3) is 10.8 Å². The van der Waals surface area contributed by atoms with Crippen LogP contribution in [-0.4, -0.2) is 16.7 Å². The molecule has 32 heavy (non-hydrogen) atoms. The molecule has 4 rings (SSSR count). The molecule has 9 nitrogen and oxygen atoms in total. The Morgan fingerprint density at radius 3 is 2.53 bits per heavy atom. The van der Waals surface area contributed by atoms with Crippen molar-refractivity contribution in [2.75, 3.05) is 0 Å². The summed E-state index contributed by atoms with van der Waals surface area (Å²) in [5.74, 6) is 0.105. The minimum atomic E-state index is -0.841. The van der Waals surface area contributed by atoms with Crippen molar-refractivity contribution in [2.45, 2.75) is 6.61 Å². The van der Waals surface area contributed by atoms with E-state index >= 15 is 0 Å². The fourth-order valence-electron chi connectivity index (χ4n) is 2.98. The van der Waals surface area contributed by atoms with Gasteiger partial charge in [0.05, 0.1) is 4.92 Å². The van der Waals surface area contributed by atoms with E-state index in [1.807, 2.05) is 42.5 Å². The molecule has 0 amide bonds. The monoisotopic (exact) mass is 431 g/mol. The van der Waals surface area contributed by atoms with Crippen LogP contribution in [0.3, 0.4) is 0 Å². The van der Waals surface area contributed by atoms with Gasteiger partial charge in [-0.3, -0.25) is 10.1 Å².